The van der Waals surface area contributed by atoms with E-state index in [9.17, 15) is 4.79 Å². The molecule has 0 fully saturated rings. The second-order valence-electron chi connectivity index (χ2n) is 6.03. The molecule has 5 heteroatoms. The number of aromatic nitrogens is 3. The fourth-order valence-electron chi connectivity index (χ4n) is 2.59. The summed E-state index contributed by atoms with van der Waals surface area (Å²) in [7, 11) is 0. The molecule has 0 spiro atoms. The van der Waals surface area contributed by atoms with Gasteiger partial charge in [0.2, 0.25) is 0 Å². The molecule has 0 unspecified atom stereocenters. The number of nitrogens with zero attached hydrogens (tertiary/aromatic N) is 3. The first-order chi connectivity index (χ1) is 10.9. The number of benzene rings is 1. The molecule has 2 heterocycles. The summed E-state index contributed by atoms with van der Waals surface area (Å²) >= 11 is 0. The maximum Gasteiger partial charge on any atom is 0.345 e. The lowest BCUT2D eigenvalue weighted by Crippen LogP contribution is -2.09. The summed E-state index contributed by atoms with van der Waals surface area (Å²) in [6, 6.07) is 7.69. The van der Waals surface area contributed by atoms with Crippen molar-refractivity contribution in [2.24, 2.45) is 0 Å². The third-order valence-corrected chi connectivity index (χ3v) is 3.56. The van der Waals surface area contributed by atoms with Gasteiger partial charge in [-0.25, -0.2) is 14.5 Å². The van der Waals surface area contributed by atoms with Gasteiger partial charge in [-0.05, 0) is 57.0 Å². The first-order valence-corrected chi connectivity index (χ1v) is 7.58. The molecule has 0 radical (unpaired) electrons. The minimum Gasteiger partial charge on any atom is -0.423 e. The smallest absolute Gasteiger partial charge is 0.345 e. The van der Waals surface area contributed by atoms with Crippen LogP contribution >= 0.6 is 0 Å². The van der Waals surface area contributed by atoms with Gasteiger partial charge in [0.25, 0.3) is 0 Å². The van der Waals surface area contributed by atoms with Crippen molar-refractivity contribution in [3.05, 3.63) is 53.3 Å². The summed E-state index contributed by atoms with van der Waals surface area (Å²) in [6.07, 6.45) is 3.25. The number of aryl methyl sites for hydroxylation is 2. The summed E-state index contributed by atoms with van der Waals surface area (Å²) < 4.78 is 7.29. The van der Waals surface area contributed by atoms with Crippen molar-refractivity contribution in [1.29, 1.82) is 0 Å². The molecule has 0 aliphatic rings. The minimum absolute atomic E-state index is 0.216. The highest BCUT2D eigenvalue weighted by atomic mass is 16.5. The Morgan fingerprint density at radius 2 is 1.78 bits per heavy atom. The van der Waals surface area contributed by atoms with E-state index < -0.39 is 5.97 Å². The zero-order chi connectivity index (χ0) is 16.6. The molecular weight excluding hydrogens is 290 g/mol. The molecule has 1 aromatic carbocycles. The molecule has 118 valence electrons. The van der Waals surface area contributed by atoms with Crippen molar-refractivity contribution in [2.45, 2.75) is 33.7 Å². The Bertz CT molecular complexity index is 861. The second kappa shape index (κ2) is 5.83. The number of rotatable bonds is 3. The SMILES string of the molecule is Cc1cc(C)cc(OC(=O)c2cnc3c(cnn3C(C)C)c2)c1. The summed E-state index contributed by atoms with van der Waals surface area (Å²) in [5, 5.41) is 5.13. The summed E-state index contributed by atoms with van der Waals surface area (Å²) in [5.41, 5.74) is 3.29. The maximum atomic E-state index is 12.3. The van der Waals surface area contributed by atoms with Crippen molar-refractivity contribution in [2.75, 3.05) is 0 Å². The predicted octanol–water partition coefficient (Wildman–Crippen LogP) is 3.85. The van der Waals surface area contributed by atoms with Crippen molar-refractivity contribution in [1.82, 2.24) is 14.8 Å². The van der Waals surface area contributed by atoms with E-state index >= 15 is 0 Å². The van der Waals surface area contributed by atoms with Crippen LogP contribution in [0, 0.1) is 13.8 Å². The van der Waals surface area contributed by atoms with E-state index in [1.807, 2.05) is 50.6 Å². The number of carbonyl (C=O) groups excluding carboxylic acids is 1. The lowest BCUT2D eigenvalue weighted by Gasteiger charge is -2.08. The van der Waals surface area contributed by atoms with Gasteiger partial charge in [-0.2, -0.15) is 5.10 Å². The van der Waals surface area contributed by atoms with E-state index in [2.05, 4.69) is 10.1 Å². The lowest BCUT2D eigenvalue weighted by molar-refractivity contribution is 0.0734. The fraction of sp³-hybridized carbons (Fsp3) is 0.278. The number of hydrogen-bond donors (Lipinski definition) is 0. The van der Waals surface area contributed by atoms with Crippen LogP contribution in [-0.4, -0.2) is 20.7 Å². The Morgan fingerprint density at radius 3 is 2.43 bits per heavy atom. The molecule has 0 aliphatic carbocycles. The van der Waals surface area contributed by atoms with Crippen LogP contribution in [0.1, 0.15) is 41.4 Å². The Balaban J connectivity index is 1.89. The van der Waals surface area contributed by atoms with Crippen LogP contribution in [0.15, 0.2) is 36.7 Å². The number of carbonyl (C=O) groups is 1. The van der Waals surface area contributed by atoms with Crippen LogP contribution < -0.4 is 4.74 Å². The average molecular weight is 309 g/mol. The number of esters is 1. The van der Waals surface area contributed by atoms with Crippen LogP contribution in [0.25, 0.3) is 11.0 Å². The van der Waals surface area contributed by atoms with E-state index in [0.29, 0.717) is 11.3 Å². The van der Waals surface area contributed by atoms with Gasteiger partial charge in [-0.1, -0.05) is 6.07 Å². The summed E-state index contributed by atoms with van der Waals surface area (Å²) in [6.45, 7) is 8.02. The monoisotopic (exact) mass is 309 g/mol. The Kier molecular flexibility index (Phi) is 3.86. The van der Waals surface area contributed by atoms with Crippen molar-refractivity contribution in [3.63, 3.8) is 0 Å². The van der Waals surface area contributed by atoms with E-state index in [1.165, 1.54) is 6.20 Å². The number of pyridine rings is 1. The Morgan fingerprint density at radius 1 is 1.09 bits per heavy atom. The molecule has 3 rings (SSSR count). The molecular formula is C18H19N3O2. The first-order valence-electron chi connectivity index (χ1n) is 7.58. The van der Waals surface area contributed by atoms with Crippen LogP contribution in [0.3, 0.4) is 0 Å². The van der Waals surface area contributed by atoms with Crippen LogP contribution in [0.4, 0.5) is 0 Å². The topological polar surface area (TPSA) is 57.0 Å². The molecule has 0 atom stereocenters. The van der Waals surface area contributed by atoms with Crippen LogP contribution in [0.5, 0.6) is 5.75 Å². The van der Waals surface area contributed by atoms with E-state index in [4.69, 9.17) is 4.74 Å². The van der Waals surface area contributed by atoms with Gasteiger partial charge in [0, 0.05) is 17.6 Å². The molecule has 23 heavy (non-hydrogen) atoms. The normalized spacial score (nSPS) is 11.2. The predicted molar refractivity (Wildman–Crippen MR) is 88.8 cm³/mol. The summed E-state index contributed by atoms with van der Waals surface area (Å²) in [5.74, 6) is 0.132. The Labute approximate surface area is 134 Å². The van der Waals surface area contributed by atoms with Gasteiger partial charge in [0.15, 0.2) is 5.65 Å². The molecule has 2 aromatic heterocycles. The van der Waals surface area contributed by atoms with Crippen LogP contribution in [0.2, 0.25) is 0 Å². The molecule has 0 amide bonds. The molecule has 0 saturated heterocycles. The zero-order valence-corrected chi connectivity index (χ0v) is 13.7. The van der Waals surface area contributed by atoms with Gasteiger partial charge in [0.05, 0.1) is 11.8 Å². The maximum absolute atomic E-state index is 12.3. The first kappa shape index (κ1) is 15.2. The second-order valence-corrected chi connectivity index (χ2v) is 6.03. The lowest BCUT2D eigenvalue weighted by atomic mass is 10.1. The number of fused-ring (bicyclic) bond motifs is 1. The van der Waals surface area contributed by atoms with Gasteiger partial charge >= 0.3 is 5.97 Å². The molecule has 0 N–H and O–H groups in total. The molecule has 3 aromatic rings. The highest BCUT2D eigenvalue weighted by Gasteiger charge is 2.13. The summed E-state index contributed by atoms with van der Waals surface area (Å²) in [4.78, 5) is 16.7. The van der Waals surface area contributed by atoms with Gasteiger partial charge < -0.3 is 4.74 Å². The fourth-order valence-corrected chi connectivity index (χ4v) is 2.59. The minimum atomic E-state index is -0.415. The Hall–Kier alpha value is -2.69. The van der Waals surface area contributed by atoms with E-state index in [1.54, 1.807) is 12.3 Å². The zero-order valence-electron chi connectivity index (χ0n) is 13.7. The quantitative estimate of drug-likeness (QED) is 0.545. The van der Waals surface area contributed by atoms with E-state index in [-0.39, 0.29) is 6.04 Å². The molecule has 0 saturated carbocycles. The highest BCUT2D eigenvalue weighted by molar-refractivity contribution is 5.94. The van der Waals surface area contributed by atoms with Crippen molar-refractivity contribution in [3.8, 4) is 5.75 Å². The third kappa shape index (κ3) is 3.08. The largest absolute Gasteiger partial charge is 0.423 e. The van der Waals surface area contributed by atoms with E-state index in [0.717, 1.165) is 22.2 Å². The molecule has 5 nitrogen and oxygen atoms in total. The van der Waals surface area contributed by atoms with Crippen molar-refractivity contribution >= 4 is 17.0 Å². The van der Waals surface area contributed by atoms with Gasteiger partial charge in [-0.15, -0.1) is 0 Å². The van der Waals surface area contributed by atoms with Crippen LogP contribution in [-0.2, 0) is 0 Å². The van der Waals surface area contributed by atoms with Crippen molar-refractivity contribution < 1.29 is 9.53 Å². The standard InChI is InChI=1S/C18H19N3O2/c1-11(2)21-17-14(10-20-21)8-15(9-19-17)18(22)23-16-6-12(3)5-13(4)7-16/h5-11H,1-4H3. The van der Waals surface area contributed by atoms with Gasteiger partial charge in [-0.3, -0.25) is 0 Å². The highest BCUT2D eigenvalue weighted by Crippen LogP contribution is 2.20. The molecule has 0 bridgehead atoms. The number of hydrogen-bond acceptors (Lipinski definition) is 4. The number of ether oxygens (including phenoxy) is 1. The molecule has 0 aliphatic heterocycles. The average Bonchev–Trinajstić information content (AvgIpc) is 2.89. The third-order valence-electron chi connectivity index (χ3n) is 3.56. The van der Waals surface area contributed by atoms with Gasteiger partial charge in [0.1, 0.15) is 5.75 Å².